The van der Waals surface area contributed by atoms with Crippen molar-refractivity contribution in [3.05, 3.63) is 72.4 Å². The fraction of sp³-hybridized carbons (Fsp3) is 0.750. The molecule has 0 amide bonds. The van der Waals surface area contributed by atoms with Crippen LogP contribution in [-0.4, -0.2) is 96.4 Å². The van der Waals surface area contributed by atoms with E-state index < -0.39 is 76.4 Å². The van der Waals surface area contributed by atoms with E-state index in [2.05, 4.69) is 62.5 Å². The van der Waals surface area contributed by atoms with E-state index in [1.54, 1.807) is 26.8 Å². The maximum absolute atomic E-state index is 17.6. The third-order valence-corrected chi connectivity index (χ3v) is 18.1. The Morgan fingerprint density at radius 1 is 0.667 bits per heavy atom. The molecule has 4 rings (SSSR count). The molecule has 81 heavy (non-hydrogen) atoms. The fourth-order valence-corrected chi connectivity index (χ4v) is 13.2. The molecule has 0 radical (unpaired) electrons. The fourth-order valence-electron chi connectivity index (χ4n) is 13.2. The Morgan fingerprint density at radius 2 is 1.20 bits per heavy atom. The van der Waals surface area contributed by atoms with Crippen molar-refractivity contribution < 1.29 is 62.3 Å². The van der Waals surface area contributed by atoms with E-state index in [-0.39, 0.29) is 57.4 Å². The molecule has 0 aliphatic heterocycles. The second-order valence-corrected chi connectivity index (χ2v) is 24.2. The standard InChI is InChI=1S/C68H107FO12/c1-6-8-10-12-14-16-18-20-22-24-26-28-30-32-34-36-46-77-53-78-47-43-57(44-48-79-62(73)37-35-33-31-29-27-25-23-21-19-17-15-13-11-9-7-2)81-64(75)41-40-63(74)80-52-61(72)68(76)54(3)49-59-58-39-38-55-50-56(70)42-45-65(55,4)67(58,69)60(71)51-66(59,68)5/h15-18,21-24,42,45,50,54,57-60,71,76H,6-14,19-20,25-41,43-44,46-49,51-53H2,1-5H3/b17-15-,18-16-,23-21-,24-22-/t54-,57?,58+,59+,60+,65+,66+,67+,68+/m1/s1. The molecule has 2 N–H and O–H groups in total. The van der Waals surface area contributed by atoms with Gasteiger partial charge in [-0.15, -0.1) is 0 Å². The van der Waals surface area contributed by atoms with Gasteiger partial charge in [-0.05, 0) is 134 Å². The molecular formula is C68H107FO12. The Labute approximate surface area is 487 Å². The van der Waals surface area contributed by atoms with Gasteiger partial charge in [0.25, 0.3) is 0 Å². The minimum atomic E-state index is -2.12. The first kappa shape index (κ1) is 69.5. The van der Waals surface area contributed by atoms with Gasteiger partial charge >= 0.3 is 17.9 Å². The second kappa shape index (κ2) is 38.0. The summed E-state index contributed by atoms with van der Waals surface area (Å²) in [5.41, 5.74) is -5.95. The van der Waals surface area contributed by atoms with Crippen LogP contribution in [0.25, 0.3) is 0 Å². The van der Waals surface area contributed by atoms with Crippen LogP contribution in [0.1, 0.15) is 240 Å². The zero-order chi connectivity index (χ0) is 58.8. The lowest BCUT2D eigenvalue weighted by Gasteiger charge is -2.62. The first-order chi connectivity index (χ1) is 39.1. The number of aliphatic hydroxyl groups is 2. The monoisotopic (exact) mass is 1130 g/mol. The molecule has 0 aromatic rings. The van der Waals surface area contributed by atoms with Crippen LogP contribution in [0.2, 0.25) is 0 Å². The van der Waals surface area contributed by atoms with Crippen molar-refractivity contribution in [3.63, 3.8) is 0 Å². The number of esters is 3. The number of carbonyl (C=O) groups excluding carboxylic acids is 5. The van der Waals surface area contributed by atoms with Crippen LogP contribution in [0.5, 0.6) is 0 Å². The van der Waals surface area contributed by atoms with Crippen molar-refractivity contribution in [2.24, 2.45) is 28.6 Å². The first-order valence-electron chi connectivity index (χ1n) is 31.9. The minimum Gasteiger partial charge on any atom is -0.466 e. The summed E-state index contributed by atoms with van der Waals surface area (Å²) in [7, 11) is 0. The number of fused-ring (bicyclic) bond motifs is 5. The lowest BCUT2D eigenvalue weighted by molar-refractivity contribution is -0.220. The normalized spacial score (nSPS) is 26.5. The molecule has 0 bridgehead atoms. The van der Waals surface area contributed by atoms with Gasteiger partial charge in [0.05, 0.1) is 32.2 Å². The van der Waals surface area contributed by atoms with Crippen LogP contribution in [0.15, 0.2) is 72.4 Å². The average Bonchev–Trinajstić information content (AvgIpc) is 3.51. The molecule has 458 valence electrons. The van der Waals surface area contributed by atoms with Gasteiger partial charge in [0.1, 0.15) is 18.5 Å². The summed E-state index contributed by atoms with van der Waals surface area (Å²) in [5, 5.41) is 24.0. The molecule has 4 aliphatic carbocycles. The van der Waals surface area contributed by atoms with E-state index in [0.29, 0.717) is 44.3 Å². The highest BCUT2D eigenvalue weighted by atomic mass is 19.1. The molecular weight excluding hydrogens is 1030 g/mol. The van der Waals surface area contributed by atoms with Crippen LogP contribution in [0.4, 0.5) is 4.39 Å². The third-order valence-electron chi connectivity index (χ3n) is 18.1. The Hall–Kier alpha value is -4.04. The number of hydrogen-bond donors (Lipinski definition) is 2. The molecule has 1 unspecified atom stereocenters. The largest absolute Gasteiger partial charge is 0.466 e. The molecule has 3 fully saturated rings. The summed E-state index contributed by atoms with van der Waals surface area (Å²) in [6.07, 6.45) is 47.4. The Kier molecular flexibility index (Phi) is 32.6. The maximum Gasteiger partial charge on any atom is 0.306 e. The van der Waals surface area contributed by atoms with E-state index in [1.807, 2.05) is 0 Å². The molecule has 0 aromatic carbocycles. The lowest BCUT2D eigenvalue weighted by Crippen LogP contribution is -2.69. The topological polar surface area (TPSA) is 172 Å². The van der Waals surface area contributed by atoms with Gasteiger partial charge < -0.3 is 33.9 Å². The van der Waals surface area contributed by atoms with Crippen LogP contribution < -0.4 is 0 Å². The number of ether oxygens (including phenoxy) is 5. The predicted octanol–water partition coefficient (Wildman–Crippen LogP) is 15.1. The number of carbonyl (C=O) groups is 5. The number of Topliss-reactive ketones (excluding diaryl/α,β-unsaturated/α-hetero) is 1. The number of unbranched alkanes of at least 4 members (excludes halogenated alkanes) is 17. The lowest BCUT2D eigenvalue weighted by atomic mass is 9.44. The smallest absolute Gasteiger partial charge is 0.306 e. The van der Waals surface area contributed by atoms with Crippen LogP contribution in [0, 0.1) is 28.6 Å². The van der Waals surface area contributed by atoms with Gasteiger partial charge in [-0.25, -0.2) is 4.39 Å². The molecule has 0 heterocycles. The van der Waals surface area contributed by atoms with E-state index in [0.717, 1.165) is 83.5 Å². The third kappa shape index (κ3) is 21.8. The molecule has 0 aromatic heterocycles. The minimum absolute atomic E-state index is 0.0469. The van der Waals surface area contributed by atoms with Crippen molar-refractivity contribution in [1.29, 1.82) is 0 Å². The Balaban J connectivity index is 1.16. The molecule has 0 spiro atoms. The van der Waals surface area contributed by atoms with Crippen molar-refractivity contribution in [2.45, 2.75) is 264 Å². The second-order valence-electron chi connectivity index (χ2n) is 24.2. The van der Waals surface area contributed by atoms with Crippen molar-refractivity contribution in [1.82, 2.24) is 0 Å². The Bertz CT molecular complexity index is 2080. The molecule has 0 saturated heterocycles. The number of rotatable bonds is 44. The zero-order valence-electron chi connectivity index (χ0n) is 50.8. The summed E-state index contributed by atoms with van der Waals surface area (Å²) in [6.45, 7) is 9.82. The quantitative estimate of drug-likeness (QED) is 0.0195. The summed E-state index contributed by atoms with van der Waals surface area (Å²) in [5.74, 6) is -4.57. The van der Waals surface area contributed by atoms with Gasteiger partial charge in [-0.1, -0.05) is 159 Å². The van der Waals surface area contributed by atoms with Crippen LogP contribution >= 0.6 is 0 Å². The number of hydrogen-bond acceptors (Lipinski definition) is 12. The Morgan fingerprint density at radius 3 is 1.84 bits per heavy atom. The van der Waals surface area contributed by atoms with Crippen molar-refractivity contribution in [2.75, 3.05) is 33.2 Å². The van der Waals surface area contributed by atoms with Gasteiger partial charge in [-0.2, -0.15) is 0 Å². The number of aliphatic hydroxyl groups excluding tert-OH is 1. The van der Waals surface area contributed by atoms with Crippen LogP contribution in [0.3, 0.4) is 0 Å². The summed E-state index contributed by atoms with van der Waals surface area (Å²) >= 11 is 0. The van der Waals surface area contributed by atoms with E-state index in [9.17, 15) is 34.2 Å². The number of ketones is 2. The van der Waals surface area contributed by atoms with Gasteiger partial charge in [0, 0.05) is 42.6 Å². The van der Waals surface area contributed by atoms with E-state index in [4.69, 9.17) is 23.7 Å². The van der Waals surface area contributed by atoms with Crippen LogP contribution in [-0.2, 0) is 47.7 Å². The van der Waals surface area contributed by atoms with E-state index in [1.165, 1.54) is 76.4 Å². The van der Waals surface area contributed by atoms with E-state index >= 15 is 4.39 Å². The molecule has 13 heteroatoms. The maximum atomic E-state index is 17.6. The van der Waals surface area contributed by atoms with Crippen molar-refractivity contribution >= 4 is 29.5 Å². The van der Waals surface area contributed by atoms with Gasteiger partial charge in [0.2, 0.25) is 5.78 Å². The number of allylic oxidation sites excluding steroid dienone is 12. The summed E-state index contributed by atoms with van der Waals surface area (Å²) < 4.78 is 45.8. The number of halogens is 1. The average molecular weight is 1140 g/mol. The van der Waals surface area contributed by atoms with Gasteiger partial charge in [-0.3, -0.25) is 24.0 Å². The highest BCUT2D eigenvalue weighted by Gasteiger charge is 2.75. The highest BCUT2D eigenvalue weighted by Crippen LogP contribution is 2.70. The van der Waals surface area contributed by atoms with Gasteiger partial charge in [0.15, 0.2) is 18.1 Å². The zero-order valence-corrected chi connectivity index (χ0v) is 50.8. The summed E-state index contributed by atoms with van der Waals surface area (Å²) in [6, 6.07) is 0. The predicted molar refractivity (Wildman–Crippen MR) is 319 cm³/mol. The molecule has 3 saturated carbocycles. The number of alkyl halides is 1. The highest BCUT2D eigenvalue weighted by molar-refractivity contribution is 6.01. The van der Waals surface area contributed by atoms with Crippen molar-refractivity contribution in [3.8, 4) is 0 Å². The first-order valence-corrected chi connectivity index (χ1v) is 31.9. The molecule has 9 atom stereocenters. The molecule has 12 nitrogen and oxygen atoms in total. The summed E-state index contributed by atoms with van der Waals surface area (Å²) in [4.78, 5) is 65.2. The SMILES string of the molecule is CCCCC/C=C\C/C=C\CCCCCCCC(=O)OCCC(CCOCOCCCCCCC/C=C\C/C=C\CCCCCC)OC(=O)CCC(=O)OCC(=O)[C@@]1(O)[C@H](C)C[C@H]2[C@@H]3CCC4=CC(=O)C=C[C@]4(C)[C@@]3(F)[C@@H](O)C[C@@]21C. The molecule has 4 aliphatic rings.